The van der Waals surface area contributed by atoms with Crippen LogP contribution in [0.25, 0.3) is 10.9 Å². The van der Waals surface area contributed by atoms with Gasteiger partial charge in [0.15, 0.2) is 0 Å². The van der Waals surface area contributed by atoms with Gasteiger partial charge in [-0.3, -0.25) is 14.4 Å². The van der Waals surface area contributed by atoms with Crippen molar-refractivity contribution in [1.82, 2.24) is 9.82 Å². The predicted octanol–water partition coefficient (Wildman–Crippen LogP) is 0.976. The topological polar surface area (TPSA) is 88.0 Å². The smallest absolute Gasteiger partial charge is 0.251 e. The highest BCUT2D eigenvalue weighted by Gasteiger charge is 2.15. The van der Waals surface area contributed by atoms with Crippen LogP contribution in [0.2, 0.25) is 0 Å². The van der Waals surface area contributed by atoms with Crippen molar-refractivity contribution in [3.63, 3.8) is 0 Å². The third-order valence-electron chi connectivity index (χ3n) is 2.95. The maximum atomic E-state index is 11.9. The Morgan fingerprint density at radius 2 is 2.21 bits per heavy atom. The summed E-state index contributed by atoms with van der Waals surface area (Å²) in [6, 6.07) is 6.64. The van der Waals surface area contributed by atoms with Crippen molar-refractivity contribution in [3.8, 4) is 0 Å². The van der Waals surface area contributed by atoms with E-state index in [9.17, 15) is 9.59 Å². The second kappa shape index (κ2) is 5.42. The zero-order chi connectivity index (χ0) is 14.0. The zero-order valence-corrected chi connectivity index (χ0v) is 11.1. The molecule has 0 aliphatic rings. The molecule has 6 heteroatoms. The number of fused-ring (bicyclic) bond motifs is 1. The minimum absolute atomic E-state index is 0.137. The van der Waals surface area contributed by atoms with Crippen molar-refractivity contribution in [2.24, 2.45) is 5.73 Å². The number of pyridine rings is 1. The van der Waals surface area contributed by atoms with Crippen molar-refractivity contribution in [1.29, 1.82) is 0 Å². The first kappa shape index (κ1) is 13.6. The monoisotopic (exact) mass is 279 g/mol. The summed E-state index contributed by atoms with van der Waals surface area (Å²) in [5.41, 5.74) is 7.73. The molecule has 100 valence electrons. The van der Waals surface area contributed by atoms with Gasteiger partial charge in [-0.1, -0.05) is 11.6 Å². The molecule has 0 unspecified atom stereocenters. The van der Waals surface area contributed by atoms with Gasteiger partial charge in [0.25, 0.3) is 11.5 Å². The highest BCUT2D eigenvalue weighted by Crippen LogP contribution is 2.13. The first-order valence-electron chi connectivity index (χ1n) is 5.80. The summed E-state index contributed by atoms with van der Waals surface area (Å²) < 4.78 is 0. The number of carbonyl (C=O) groups is 1. The van der Waals surface area contributed by atoms with Gasteiger partial charge in [0.2, 0.25) is 0 Å². The Labute approximate surface area is 114 Å². The van der Waals surface area contributed by atoms with Crippen LogP contribution in [0.3, 0.4) is 0 Å². The third kappa shape index (κ3) is 2.94. The van der Waals surface area contributed by atoms with Crippen molar-refractivity contribution < 1.29 is 4.79 Å². The molecule has 0 bridgehead atoms. The van der Waals surface area contributed by atoms with Gasteiger partial charge in [0.1, 0.15) is 0 Å². The molecule has 1 aromatic heterocycles. The number of aromatic nitrogens is 1. The summed E-state index contributed by atoms with van der Waals surface area (Å²) in [4.78, 5) is 27.9. The molecule has 0 aliphatic heterocycles. The van der Waals surface area contributed by atoms with Gasteiger partial charge in [-0.05, 0) is 30.5 Å². The molecule has 5 nitrogen and oxygen atoms in total. The zero-order valence-electron chi connectivity index (χ0n) is 10.4. The number of hydrogen-bond acceptors (Lipinski definition) is 3. The van der Waals surface area contributed by atoms with Gasteiger partial charge < -0.3 is 10.7 Å². The fourth-order valence-corrected chi connectivity index (χ4v) is 2.06. The molecule has 0 fully saturated rings. The second-order valence-electron chi connectivity index (χ2n) is 4.48. The van der Waals surface area contributed by atoms with Crippen LogP contribution in [-0.2, 0) is 11.2 Å². The summed E-state index contributed by atoms with van der Waals surface area (Å²) >= 11 is 5.20. The molecule has 1 amide bonds. The molecular weight excluding hydrogens is 266 g/mol. The molecule has 0 radical (unpaired) electrons. The van der Waals surface area contributed by atoms with Crippen LogP contribution >= 0.6 is 11.8 Å². The number of rotatable bonds is 3. The first-order valence-corrected chi connectivity index (χ1v) is 6.17. The number of H-pyrrole nitrogens is 1. The lowest BCUT2D eigenvalue weighted by Crippen LogP contribution is -2.39. The minimum Gasteiger partial charge on any atom is -0.322 e. The fraction of sp³-hybridized carbons (Fsp3) is 0.231. The number of nitrogens with two attached hydrogens (primary N) is 1. The molecule has 2 rings (SSSR count). The molecule has 0 spiro atoms. The largest absolute Gasteiger partial charge is 0.322 e. The number of nitrogens with one attached hydrogen (secondary N) is 2. The quantitative estimate of drug-likeness (QED) is 0.732. The van der Waals surface area contributed by atoms with Crippen LogP contribution in [0.4, 0.5) is 0 Å². The lowest BCUT2D eigenvalue weighted by molar-refractivity contribution is -0.120. The van der Waals surface area contributed by atoms with Gasteiger partial charge in [-0.15, -0.1) is 0 Å². The van der Waals surface area contributed by atoms with E-state index in [0.717, 1.165) is 16.5 Å². The SMILES string of the molecule is Cc1ccc2[nH]c(=O)c(C[C@H](N)C(=O)NCl)cc2c1. The van der Waals surface area contributed by atoms with Crippen molar-refractivity contribution in [2.45, 2.75) is 19.4 Å². The van der Waals surface area contributed by atoms with Gasteiger partial charge in [0, 0.05) is 29.3 Å². The maximum absolute atomic E-state index is 11.9. The lowest BCUT2D eigenvalue weighted by atomic mass is 10.0. The Balaban J connectivity index is 2.41. The normalized spacial score (nSPS) is 12.4. The molecule has 1 heterocycles. The Hall–Kier alpha value is -1.85. The lowest BCUT2D eigenvalue weighted by Gasteiger charge is -2.09. The number of carbonyl (C=O) groups excluding carboxylic acids is 1. The Kier molecular flexibility index (Phi) is 3.87. The predicted molar refractivity (Wildman–Crippen MR) is 75.0 cm³/mol. The summed E-state index contributed by atoms with van der Waals surface area (Å²) in [6.07, 6.45) is 0.137. The minimum atomic E-state index is -0.846. The number of halogens is 1. The van der Waals surface area contributed by atoms with Crippen molar-refractivity contribution >= 4 is 28.6 Å². The molecule has 1 atom stereocenters. The van der Waals surface area contributed by atoms with Crippen LogP contribution in [0.1, 0.15) is 11.1 Å². The van der Waals surface area contributed by atoms with Crippen LogP contribution in [0, 0.1) is 6.92 Å². The van der Waals surface area contributed by atoms with Crippen LogP contribution < -0.4 is 16.1 Å². The van der Waals surface area contributed by atoms with E-state index in [0.29, 0.717) is 5.56 Å². The van der Waals surface area contributed by atoms with Crippen LogP contribution in [-0.4, -0.2) is 16.9 Å². The van der Waals surface area contributed by atoms with E-state index >= 15 is 0 Å². The summed E-state index contributed by atoms with van der Waals surface area (Å²) in [5, 5.41) is 0.910. The standard InChI is InChI=1S/C13H14ClN3O2/c1-7-2-3-11-8(4-7)5-9(12(18)16-11)6-10(15)13(19)17-14/h2-5,10H,6,15H2,1H3,(H,16,18)(H,17,19)/t10-/m0/s1. The number of benzene rings is 1. The van der Waals surface area contributed by atoms with Crippen molar-refractivity contribution in [2.75, 3.05) is 0 Å². The Morgan fingerprint density at radius 1 is 1.47 bits per heavy atom. The van der Waals surface area contributed by atoms with Gasteiger partial charge in [-0.2, -0.15) is 0 Å². The number of aryl methyl sites for hydroxylation is 1. The van der Waals surface area contributed by atoms with Gasteiger partial charge >= 0.3 is 0 Å². The Morgan fingerprint density at radius 3 is 2.89 bits per heavy atom. The molecule has 4 N–H and O–H groups in total. The average molecular weight is 280 g/mol. The fourth-order valence-electron chi connectivity index (χ4n) is 1.92. The first-order chi connectivity index (χ1) is 9.01. The van der Waals surface area contributed by atoms with E-state index in [1.165, 1.54) is 0 Å². The molecule has 0 saturated carbocycles. The van der Waals surface area contributed by atoms with E-state index in [4.69, 9.17) is 17.5 Å². The van der Waals surface area contributed by atoms with E-state index in [2.05, 4.69) is 4.98 Å². The van der Waals surface area contributed by atoms with Gasteiger partial charge in [0.05, 0.1) is 6.04 Å². The average Bonchev–Trinajstić information content (AvgIpc) is 2.39. The van der Waals surface area contributed by atoms with Crippen molar-refractivity contribution in [3.05, 3.63) is 45.7 Å². The van der Waals surface area contributed by atoms with E-state index < -0.39 is 11.9 Å². The number of amides is 1. The molecular formula is C13H14ClN3O2. The highest BCUT2D eigenvalue weighted by molar-refractivity contribution is 6.22. The molecule has 0 aliphatic carbocycles. The van der Waals surface area contributed by atoms with Crippen LogP contribution in [0.15, 0.2) is 29.1 Å². The molecule has 19 heavy (non-hydrogen) atoms. The van der Waals surface area contributed by atoms with E-state index in [1.54, 1.807) is 6.07 Å². The maximum Gasteiger partial charge on any atom is 0.251 e. The molecule has 0 saturated heterocycles. The highest BCUT2D eigenvalue weighted by atomic mass is 35.5. The van der Waals surface area contributed by atoms with E-state index in [-0.39, 0.29) is 12.0 Å². The van der Waals surface area contributed by atoms with E-state index in [1.807, 2.05) is 30.0 Å². The van der Waals surface area contributed by atoms with Crippen LogP contribution in [0.5, 0.6) is 0 Å². The second-order valence-corrected chi connectivity index (χ2v) is 4.67. The molecule has 1 aromatic carbocycles. The summed E-state index contributed by atoms with van der Waals surface area (Å²) in [7, 11) is 0. The number of hydrogen-bond donors (Lipinski definition) is 3. The van der Waals surface area contributed by atoms with Gasteiger partial charge in [-0.25, -0.2) is 0 Å². The summed E-state index contributed by atoms with van der Waals surface area (Å²) in [5.74, 6) is -0.509. The molecule has 2 aromatic rings. The Bertz CT molecular complexity index is 681. The third-order valence-corrected chi connectivity index (χ3v) is 3.13. The number of aromatic amines is 1. The summed E-state index contributed by atoms with van der Waals surface area (Å²) in [6.45, 7) is 1.97.